The Kier molecular flexibility index (Phi) is 3.82. The minimum absolute atomic E-state index is 0.0217. The van der Waals surface area contributed by atoms with Gasteiger partial charge in [0.2, 0.25) is 0 Å². The van der Waals surface area contributed by atoms with Crippen LogP contribution in [-0.4, -0.2) is 35.4 Å². The van der Waals surface area contributed by atoms with Crippen LogP contribution < -0.4 is 0 Å². The molecule has 1 aromatic carbocycles. The maximum Gasteiger partial charge on any atom is 0.338 e. The summed E-state index contributed by atoms with van der Waals surface area (Å²) in [4.78, 5) is 21.8. The first-order valence-corrected chi connectivity index (χ1v) is 4.26. The van der Waals surface area contributed by atoms with Gasteiger partial charge in [-0.3, -0.25) is 0 Å². The molecule has 0 fully saturated rings. The zero-order chi connectivity index (χ0) is 11.3. The largest absolute Gasteiger partial charge is 0.478 e. The van der Waals surface area contributed by atoms with E-state index in [0.717, 1.165) is 0 Å². The third-order valence-corrected chi connectivity index (χ3v) is 1.67. The molecule has 0 aliphatic carbocycles. The van der Waals surface area contributed by atoms with Crippen LogP contribution in [0, 0.1) is 0 Å². The molecule has 80 valence electrons. The third-order valence-electron chi connectivity index (χ3n) is 1.67. The number of hydrogen-bond donors (Lipinski definition) is 2. The lowest BCUT2D eigenvalue weighted by Crippen LogP contribution is -2.09. The molecule has 5 nitrogen and oxygen atoms in total. The Labute approximate surface area is 85.9 Å². The lowest BCUT2D eigenvalue weighted by molar-refractivity contribution is 0.0433. The molecular weight excluding hydrogens is 200 g/mol. The number of esters is 1. The number of hydrogen-bond acceptors (Lipinski definition) is 4. The number of benzene rings is 1. The van der Waals surface area contributed by atoms with Crippen molar-refractivity contribution < 1.29 is 24.5 Å². The van der Waals surface area contributed by atoms with Crippen molar-refractivity contribution in [3.63, 3.8) is 0 Å². The van der Waals surface area contributed by atoms with Crippen molar-refractivity contribution in [3.05, 3.63) is 35.4 Å². The van der Waals surface area contributed by atoms with E-state index in [0.29, 0.717) is 0 Å². The SMILES string of the molecule is O=C(O)c1cccc(C(=O)OCCO)c1. The fraction of sp³-hybridized carbons (Fsp3) is 0.200. The lowest BCUT2D eigenvalue weighted by Gasteiger charge is -2.03. The van der Waals surface area contributed by atoms with Gasteiger partial charge in [0.25, 0.3) is 0 Å². The Bertz CT molecular complexity index is 372. The van der Waals surface area contributed by atoms with Crippen LogP contribution in [-0.2, 0) is 4.74 Å². The molecule has 1 aromatic rings. The molecule has 0 saturated heterocycles. The quantitative estimate of drug-likeness (QED) is 0.708. The summed E-state index contributed by atoms with van der Waals surface area (Å²) in [5.41, 5.74) is 0.178. The summed E-state index contributed by atoms with van der Waals surface area (Å²) in [6.07, 6.45) is 0. The first kappa shape index (κ1) is 11.2. The monoisotopic (exact) mass is 210 g/mol. The molecule has 15 heavy (non-hydrogen) atoms. The predicted molar refractivity (Wildman–Crippen MR) is 50.8 cm³/mol. The highest BCUT2D eigenvalue weighted by Crippen LogP contribution is 2.06. The number of ether oxygens (including phenoxy) is 1. The van der Waals surface area contributed by atoms with E-state index in [-0.39, 0.29) is 24.3 Å². The van der Waals surface area contributed by atoms with Crippen molar-refractivity contribution in [2.45, 2.75) is 0 Å². The van der Waals surface area contributed by atoms with E-state index in [4.69, 9.17) is 10.2 Å². The number of aliphatic hydroxyl groups excluding tert-OH is 1. The van der Waals surface area contributed by atoms with Crippen LogP contribution >= 0.6 is 0 Å². The number of carbonyl (C=O) groups is 2. The second kappa shape index (κ2) is 5.11. The molecule has 1 rings (SSSR count). The summed E-state index contributed by atoms with van der Waals surface area (Å²) in [6, 6.07) is 5.51. The maximum absolute atomic E-state index is 11.3. The van der Waals surface area contributed by atoms with Crippen LogP contribution in [0.25, 0.3) is 0 Å². The highest BCUT2D eigenvalue weighted by atomic mass is 16.5. The Morgan fingerprint density at radius 3 is 2.53 bits per heavy atom. The van der Waals surface area contributed by atoms with E-state index in [2.05, 4.69) is 4.74 Å². The molecule has 2 N–H and O–H groups in total. The van der Waals surface area contributed by atoms with Crippen LogP contribution in [0.5, 0.6) is 0 Å². The molecule has 0 unspecified atom stereocenters. The zero-order valence-corrected chi connectivity index (χ0v) is 7.84. The van der Waals surface area contributed by atoms with Crippen molar-refractivity contribution in [1.82, 2.24) is 0 Å². The van der Waals surface area contributed by atoms with Crippen molar-refractivity contribution in [2.75, 3.05) is 13.2 Å². The fourth-order valence-electron chi connectivity index (χ4n) is 1.00. The third kappa shape index (κ3) is 3.07. The Balaban J connectivity index is 2.81. The number of aromatic carboxylic acids is 1. The van der Waals surface area contributed by atoms with E-state index >= 15 is 0 Å². The van der Waals surface area contributed by atoms with E-state index in [9.17, 15) is 9.59 Å². The van der Waals surface area contributed by atoms with Crippen LogP contribution in [0.15, 0.2) is 24.3 Å². The lowest BCUT2D eigenvalue weighted by atomic mass is 10.1. The molecule has 0 bridgehead atoms. The van der Waals surface area contributed by atoms with Crippen LogP contribution in [0.4, 0.5) is 0 Å². The van der Waals surface area contributed by atoms with Crippen molar-refractivity contribution in [1.29, 1.82) is 0 Å². The Morgan fingerprint density at radius 2 is 1.93 bits per heavy atom. The van der Waals surface area contributed by atoms with Gasteiger partial charge in [-0.05, 0) is 18.2 Å². The van der Waals surface area contributed by atoms with Gasteiger partial charge in [-0.1, -0.05) is 6.07 Å². The molecule has 0 atom stereocenters. The van der Waals surface area contributed by atoms with Crippen LogP contribution in [0.1, 0.15) is 20.7 Å². The van der Waals surface area contributed by atoms with Gasteiger partial charge in [0, 0.05) is 0 Å². The van der Waals surface area contributed by atoms with Gasteiger partial charge in [-0.2, -0.15) is 0 Å². The number of carbonyl (C=O) groups excluding carboxylic acids is 1. The standard InChI is InChI=1S/C10H10O5/c11-4-5-15-10(14)8-3-1-2-7(6-8)9(12)13/h1-3,6,11H,4-5H2,(H,12,13). The predicted octanol–water partition coefficient (Wildman–Crippen LogP) is 0.534. The minimum Gasteiger partial charge on any atom is -0.478 e. The second-order valence-electron chi connectivity index (χ2n) is 2.75. The topological polar surface area (TPSA) is 83.8 Å². The molecule has 0 aliphatic heterocycles. The molecule has 0 saturated carbocycles. The summed E-state index contributed by atoms with van der Waals surface area (Å²) >= 11 is 0. The second-order valence-corrected chi connectivity index (χ2v) is 2.75. The minimum atomic E-state index is -1.10. The van der Waals surface area contributed by atoms with E-state index in [1.54, 1.807) is 0 Å². The first-order valence-electron chi connectivity index (χ1n) is 4.26. The summed E-state index contributed by atoms with van der Waals surface area (Å²) < 4.78 is 4.63. The molecule has 0 amide bonds. The summed E-state index contributed by atoms with van der Waals surface area (Å²) in [6.45, 7) is -0.361. The van der Waals surface area contributed by atoms with Gasteiger partial charge < -0.3 is 14.9 Å². The molecule has 0 heterocycles. The van der Waals surface area contributed by atoms with Gasteiger partial charge >= 0.3 is 11.9 Å². The fourth-order valence-corrected chi connectivity index (χ4v) is 1.00. The van der Waals surface area contributed by atoms with E-state index in [1.807, 2.05) is 0 Å². The highest BCUT2D eigenvalue weighted by Gasteiger charge is 2.09. The molecular formula is C10H10O5. The Hall–Kier alpha value is -1.88. The zero-order valence-electron chi connectivity index (χ0n) is 7.84. The summed E-state index contributed by atoms with van der Waals surface area (Å²) in [7, 11) is 0. The van der Waals surface area contributed by atoms with Gasteiger partial charge in [-0.15, -0.1) is 0 Å². The molecule has 0 aliphatic rings. The molecule has 0 spiro atoms. The highest BCUT2D eigenvalue weighted by molar-refractivity contribution is 5.94. The number of aliphatic hydroxyl groups is 1. The maximum atomic E-state index is 11.3. The molecule has 0 aromatic heterocycles. The van der Waals surface area contributed by atoms with Gasteiger partial charge in [0.15, 0.2) is 0 Å². The van der Waals surface area contributed by atoms with Gasteiger partial charge in [0.1, 0.15) is 6.61 Å². The van der Waals surface area contributed by atoms with Gasteiger partial charge in [-0.25, -0.2) is 9.59 Å². The van der Waals surface area contributed by atoms with Crippen molar-refractivity contribution >= 4 is 11.9 Å². The first-order chi connectivity index (χ1) is 7.15. The number of carboxylic acids is 1. The number of carboxylic acid groups (broad SMARTS) is 1. The van der Waals surface area contributed by atoms with E-state index < -0.39 is 11.9 Å². The summed E-state index contributed by atoms with van der Waals surface area (Å²) in [5, 5.41) is 17.1. The molecule has 5 heteroatoms. The normalized spacial score (nSPS) is 9.67. The van der Waals surface area contributed by atoms with Crippen molar-refractivity contribution in [3.8, 4) is 0 Å². The average molecular weight is 210 g/mol. The Morgan fingerprint density at radius 1 is 1.27 bits per heavy atom. The van der Waals surface area contributed by atoms with Gasteiger partial charge in [0.05, 0.1) is 17.7 Å². The van der Waals surface area contributed by atoms with Crippen molar-refractivity contribution in [2.24, 2.45) is 0 Å². The van der Waals surface area contributed by atoms with Crippen LogP contribution in [0.2, 0.25) is 0 Å². The molecule has 0 radical (unpaired) electrons. The smallest absolute Gasteiger partial charge is 0.338 e. The summed E-state index contributed by atoms with van der Waals surface area (Å²) in [5.74, 6) is -1.75. The average Bonchev–Trinajstić information content (AvgIpc) is 2.26. The number of rotatable bonds is 4. The van der Waals surface area contributed by atoms with E-state index in [1.165, 1.54) is 24.3 Å². The van der Waals surface area contributed by atoms with Crippen LogP contribution in [0.3, 0.4) is 0 Å².